The topological polar surface area (TPSA) is 86.8 Å². The molecule has 176 valence electrons. The van der Waals surface area contributed by atoms with Crippen LogP contribution in [-0.4, -0.2) is 45.3 Å². The first-order chi connectivity index (χ1) is 16.3. The van der Waals surface area contributed by atoms with E-state index in [0.29, 0.717) is 24.3 Å². The van der Waals surface area contributed by atoms with E-state index in [1.165, 1.54) is 7.05 Å². The lowest BCUT2D eigenvalue weighted by Crippen LogP contribution is -2.30. The normalized spacial score (nSPS) is 13.5. The van der Waals surface area contributed by atoms with E-state index in [2.05, 4.69) is 5.32 Å². The molecule has 1 fully saturated rings. The molecule has 0 unspecified atom stereocenters. The first-order valence-electron chi connectivity index (χ1n) is 11.1. The van der Waals surface area contributed by atoms with Crippen LogP contribution in [0.3, 0.4) is 0 Å². The average Bonchev–Trinajstić information content (AvgIpc) is 3.39. The van der Waals surface area contributed by atoms with Gasteiger partial charge in [-0.05, 0) is 56.2 Å². The Balaban J connectivity index is 1.63. The largest absolute Gasteiger partial charge is 0.339 e. The smallest absolute Gasteiger partial charge is 0.264 e. The van der Waals surface area contributed by atoms with Crippen LogP contribution >= 0.6 is 0 Å². The van der Waals surface area contributed by atoms with E-state index < -0.39 is 15.9 Å². The summed E-state index contributed by atoms with van der Waals surface area (Å²) in [6.07, 6.45) is 1.94. The zero-order valence-corrected chi connectivity index (χ0v) is 20.0. The molecule has 8 heteroatoms. The number of likely N-dealkylation sites (tertiary alicyclic amines) is 1. The fourth-order valence-corrected chi connectivity index (χ4v) is 5.21. The van der Waals surface area contributed by atoms with Gasteiger partial charge in [-0.25, -0.2) is 8.42 Å². The number of anilines is 2. The van der Waals surface area contributed by atoms with Gasteiger partial charge in [0, 0.05) is 20.1 Å². The number of nitrogens with one attached hydrogen (secondary N) is 1. The Morgan fingerprint density at radius 1 is 0.853 bits per heavy atom. The molecule has 1 heterocycles. The predicted octanol–water partition coefficient (Wildman–Crippen LogP) is 4.31. The number of nitrogens with zero attached hydrogens (tertiary/aromatic N) is 2. The molecule has 0 radical (unpaired) electrons. The zero-order valence-electron chi connectivity index (χ0n) is 19.2. The van der Waals surface area contributed by atoms with Gasteiger partial charge >= 0.3 is 0 Å². The molecular formula is C26H27N3O4S. The average molecular weight is 478 g/mol. The van der Waals surface area contributed by atoms with E-state index in [-0.39, 0.29) is 22.1 Å². The van der Waals surface area contributed by atoms with Crippen molar-refractivity contribution in [2.75, 3.05) is 29.8 Å². The number of para-hydroxylation sites is 2. The number of carbonyl (C=O) groups is 2. The molecule has 1 aliphatic heterocycles. The van der Waals surface area contributed by atoms with Gasteiger partial charge in [-0.15, -0.1) is 0 Å². The highest BCUT2D eigenvalue weighted by molar-refractivity contribution is 7.92. The third-order valence-corrected chi connectivity index (χ3v) is 7.75. The maximum atomic E-state index is 13.3. The molecule has 7 nitrogen and oxygen atoms in total. The van der Waals surface area contributed by atoms with Crippen LogP contribution in [0.1, 0.15) is 39.1 Å². The standard InChI is InChI=1S/C26H27N3O4S/c1-19-13-15-20(16-14-19)34(32,33)28(2)24-12-6-4-10-22(24)25(30)27-23-11-5-3-9-21(23)26(31)29-17-7-8-18-29/h3-6,9-16H,7-8,17-18H2,1-2H3,(H,27,30). The van der Waals surface area contributed by atoms with Crippen LogP contribution in [-0.2, 0) is 10.0 Å². The lowest BCUT2D eigenvalue weighted by Gasteiger charge is -2.22. The Kier molecular flexibility index (Phi) is 6.70. The lowest BCUT2D eigenvalue weighted by molar-refractivity contribution is 0.0794. The summed E-state index contributed by atoms with van der Waals surface area (Å²) < 4.78 is 27.5. The third kappa shape index (κ3) is 4.68. The maximum absolute atomic E-state index is 13.3. The molecule has 0 bridgehead atoms. The van der Waals surface area contributed by atoms with Gasteiger partial charge in [0.2, 0.25) is 0 Å². The highest BCUT2D eigenvalue weighted by Gasteiger charge is 2.26. The quantitative estimate of drug-likeness (QED) is 0.573. The van der Waals surface area contributed by atoms with Crippen molar-refractivity contribution < 1.29 is 18.0 Å². The number of sulfonamides is 1. The molecule has 3 aromatic carbocycles. The molecule has 0 aromatic heterocycles. The number of hydrogen-bond donors (Lipinski definition) is 1. The van der Waals surface area contributed by atoms with Gasteiger partial charge in [-0.3, -0.25) is 13.9 Å². The summed E-state index contributed by atoms with van der Waals surface area (Å²) in [4.78, 5) is 28.2. The predicted molar refractivity (Wildman–Crippen MR) is 133 cm³/mol. The second-order valence-corrected chi connectivity index (χ2v) is 10.3. The molecule has 0 saturated carbocycles. The Hall–Kier alpha value is -3.65. The number of aryl methyl sites for hydroxylation is 1. The number of benzene rings is 3. The van der Waals surface area contributed by atoms with E-state index in [1.807, 2.05) is 6.92 Å². The van der Waals surface area contributed by atoms with Crippen molar-refractivity contribution in [2.24, 2.45) is 0 Å². The molecule has 1 N–H and O–H groups in total. The minimum absolute atomic E-state index is 0.124. The van der Waals surface area contributed by atoms with Gasteiger partial charge < -0.3 is 10.2 Å². The van der Waals surface area contributed by atoms with Gasteiger partial charge in [0.25, 0.3) is 21.8 Å². The van der Waals surface area contributed by atoms with Gasteiger partial charge in [-0.2, -0.15) is 0 Å². The number of amides is 2. The van der Waals surface area contributed by atoms with Crippen molar-refractivity contribution in [2.45, 2.75) is 24.7 Å². The summed E-state index contributed by atoms with van der Waals surface area (Å²) in [5.41, 5.74) is 2.18. The van der Waals surface area contributed by atoms with Crippen LogP contribution < -0.4 is 9.62 Å². The van der Waals surface area contributed by atoms with Gasteiger partial charge in [0.05, 0.1) is 27.4 Å². The van der Waals surface area contributed by atoms with Crippen LogP contribution in [0.25, 0.3) is 0 Å². The lowest BCUT2D eigenvalue weighted by atomic mass is 10.1. The molecule has 1 aliphatic rings. The van der Waals surface area contributed by atoms with Crippen LogP contribution in [0.5, 0.6) is 0 Å². The van der Waals surface area contributed by atoms with Crippen LogP contribution in [0.4, 0.5) is 11.4 Å². The summed E-state index contributed by atoms with van der Waals surface area (Å²) in [6.45, 7) is 3.28. The maximum Gasteiger partial charge on any atom is 0.264 e. The first kappa shape index (κ1) is 23.5. The van der Waals surface area contributed by atoms with Gasteiger partial charge in [0.1, 0.15) is 0 Å². The fraction of sp³-hybridized carbons (Fsp3) is 0.231. The monoisotopic (exact) mass is 477 g/mol. The molecule has 4 rings (SSSR count). The Labute approximate surface area is 200 Å². The second kappa shape index (κ2) is 9.69. The van der Waals surface area contributed by atoms with E-state index in [1.54, 1.807) is 77.7 Å². The van der Waals surface area contributed by atoms with Crippen molar-refractivity contribution in [1.82, 2.24) is 4.90 Å². The molecule has 2 amide bonds. The van der Waals surface area contributed by atoms with Crippen LogP contribution in [0.15, 0.2) is 77.7 Å². The van der Waals surface area contributed by atoms with E-state index >= 15 is 0 Å². The minimum Gasteiger partial charge on any atom is -0.339 e. The van der Waals surface area contributed by atoms with E-state index in [9.17, 15) is 18.0 Å². The highest BCUT2D eigenvalue weighted by atomic mass is 32.2. The Bertz CT molecular complexity index is 1310. The molecule has 1 saturated heterocycles. The van der Waals surface area contributed by atoms with Crippen molar-refractivity contribution in [1.29, 1.82) is 0 Å². The zero-order chi connectivity index (χ0) is 24.3. The van der Waals surface area contributed by atoms with Crippen molar-refractivity contribution in [3.8, 4) is 0 Å². The molecule has 0 spiro atoms. The summed E-state index contributed by atoms with van der Waals surface area (Å²) in [5, 5.41) is 2.82. The number of hydrogen-bond acceptors (Lipinski definition) is 4. The Morgan fingerprint density at radius 3 is 2.12 bits per heavy atom. The number of rotatable bonds is 6. The molecule has 0 atom stereocenters. The third-order valence-electron chi connectivity index (χ3n) is 5.97. The summed E-state index contributed by atoms with van der Waals surface area (Å²) in [5.74, 6) is -0.621. The van der Waals surface area contributed by atoms with Crippen molar-refractivity contribution >= 4 is 33.2 Å². The Morgan fingerprint density at radius 2 is 1.44 bits per heavy atom. The van der Waals surface area contributed by atoms with Gasteiger partial charge in [-0.1, -0.05) is 42.0 Å². The van der Waals surface area contributed by atoms with E-state index in [0.717, 1.165) is 22.7 Å². The van der Waals surface area contributed by atoms with Gasteiger partial charge in [0.15, 0.2) is 0 Å². The van der Waals surface area contributed by atoms with Crippen LogP contribution in [0, 0.1) is 6.92 Å². The fourth-order valence-electron chi connectivity index (χ4n) is 4.00. The highest BCUT2D eigenvalue weighted by Crippen LogP contribution is 2.27. The SMILES string of the molecule is Cc1ccc(S(=O)(=O)N(C)c2ccccc2C(=O)Nc2ccccc2C(=O)N2CCCC2)cc1. The van der Waals surface area contributed by atoms with E-state index in [4.69, 9.17) is 0 Å². The van der Waals surface area contributed by atoms with Crippen molar-refractivity contribution in [3.63, 3.8) is 0 Å². The summed E-state index contributed by atoms with van der Waals surface area (Å²) in [7, 11) is -2.46. The molecule has 0 aliphatic carbocycles. The number of carbonyl (C=O) groups excluding carboxylic acids is 2. The van der Waals surface area contributed by atoms with Crippen LogP contribution in [0.2, 0.25) is 0 Å². The second-order valence-electron chi connectivity index (χ2n) is 8.30. The minimum atomic E-state index is -3.88. The summed E-state index contributed by atoms with van der Waals surface area (Å²) >= 11 is 0. The molecule has 34 heavy (non-hydrogen) atoms. The first-order valence-corrected chi connectivity index (χ1v) is 12.6. The molecular weight excluding hydrogens is 450 g/mol. The van der Waals surface area contributed by atoms with Crippen molar-refractivity contribution in [3.05, 3.63) is 89.5 Å². The molecule has 3 aromatic rings. The summed E-state index contributed by atoms with van der Waals surface area (Å²) in [6, 6.07) is 19.9.